The fraction of sp³-hybridized carbons (Fsp3) is 0.800. The molecule has 2 unspecified atom stereocenters. The Hall–Kier alpha value is -1.26. The summed E-state index contributed by atoms with van der Waals surface area (Å²) < 4.78 is 9.51. The summed E-state index contributed by atoms with van der Waals surface area (Å²) in [5.74, 6) is -0.0969. The van der Waals surface area contributed by atoms with Crippen molar-refractivity contribution >= 4 is 12.1 Å². The molecule has 1 aliphatic rings. The van der Waals surface area contributed by atoms with E-state index in [0.717, 1.165) is 25.7 Å². The number of ether oxygens (including phenoxy) is 2. The van der Waals surface area contributed by atoms with Crippen molar-refractivity contribution in [2.24, 2.45) is 0 Å². The number of methoxy groups -OCH3 is 1. The summed E-state index contributed by atoms with van der Waals surface area (Å²) in [4.78, 5) is 21.9. The third-order valence-corrected chi connectivity index (χ3v) is 2.51. The second kappa shape index (κ2) is 5.58. The molecule has 0 spiro atoms. The molecule has 0 bridgehead atoms. The average molecular weight is 215 g/mol. The fourth-order valence-electron chi connectivity index (χ4n) is 1.84. The van der Waals surface area contributed by atoms with Gasteiger partial charge in [-0.2, -0.15) is 0 Å². The monoisotopic (exact) mass is 215 g/mol. The summed E-state index contributed by atoms with van der Waals surface area (Å²) in [6.45, 7) is 1.46. The van der Waals surface area contributed by atoms with Crippen molar-refractivity contribution in [3.05, 3.63) is 0 Å². The molecule has 0 heterocycles. The molecule has 0 aromatic rings. The second-order valence-corrected chi connectivity index (χ2v) is 3.70. The van der Waals surface area contributed by atoms with Crippen molar-refractivity contribution in [2.45, 2.75) is 44.8 Å². The summed E-state index contributed by atoms with van der Waals surface area (Å²) in [6.07, 6.45) is 2.75. The largest absolute Gasteiger partial charge is 0.508 e. The van der Waals surface area contributed by atoms with Crippen LogP contribution in [-0.2, 0) is 14.3 Å². The van der Waals surface area contributed by atoms with E-state index in [2.05, 4.69) is 10.1 Å². The topological polar surface area (TPSA) is 64.6 Å². The standard InChI is InChI=1S/C10H17NO4/c1-7(12)11-8-5-3-4-6-9(8)15-10(13)14-2/h8-9H,3-6H2,1-2H3,(H,11,12). The lowest BCUT2D eigenvalue weighted by Gasteiger charge is -2.30. The molecule has 1 N–H and O–H groups in total. The van der Waals surface area contributed by atoms with Gasteiger partial charge in [0.15, 0.2) is 0 Å². The van der Waals surface area contributed by atoms with Crippen LogP contribution in [0.1, 0.15) is 32.6 Å². The Labute approximate surface area is 89.1 Å². The Balaban J connectivity index is 2.49. The van der Waals surface area contributed by atoms with Gasteiger partial charge in [-0.3, -0.25) is 4.79 Å². The lowest BCUT2D eigenvalue weighted by Crippen LogP contribution is -2.46. The molecule has 0 saturated heterocycles. The van der Waals surface area contributed by atoms with Crippen LogP contribution in [0.3, 0.4) is 0 Å². The predicted octanol–water partition coefficient (Wildman–Crippen LogP) is 1.22. The van der Waals surface area contributed by atoms with Crippen LogP contribution in [0.15, 0.2) is 0 Å². The Morgan fingerprint density at radius 1 is 1.27 bits per heavy atom. The molecule has 5 heteroatoms. The van der Waals surface area contributed by atoms with Crippen molar-refractivity contribution < 1.29 is 19.1 Å². The lowest BCUT2D eigenvalue weighted by atomic mass is 9.92. The van der Waals surface area contributed by atoms with Crippen LogP contribution in [0.5, 0.6) is 0 Å². The van der Waals surface area contributed by atoms with Gasteiger partial charge in [0.25, 0.3) is 0 Å². The third-order valence-electron chi connectivity index (χ3n) is 2.51. The van der Waals surface area contributed by atoms with E-state index in [1.807, 2.05) is 0 Å². The number of carbonyl (C=O) groups is 2. The van der Waals surface area contributed by atoms with E-state index in [1.165, 1.54) is 14.0 Å². The summed E-state index contributed by atoms with van der Waals surface area (Å²) in [6, 6.07) is -0.0738. The lowest BCUT2D eigenvalue weighted by molar-refractivity contribution is -0.121. The maximum absolute atomic E-state index is 11.0. The Morgan fingerprint density at radius 3 is 2.53 bits per heavy atom. The minimum atomic E-state index is -0.683. The summed E-state index contributed by atoms with van der Waals surface area (Å²) in [5.41, 5.74) is 0. The molecule has 1 rings (SSSR count). The molecule has 15 heavy (non-hydrogen) atoms. The molecular formula is C10H17NO4. The summed E-state index contributed by atoms with van der Waals surface area (Å²) in [7, 11) is 1.28. The van der Waals surface area contributed by atoms with Gasteiger partial charge in [0.2, 0.25) is 5.91 Å². The van der Waals surface area contributed by atoms with E-state index < -0.39 is 6.16 Å². The van der Waals surface area contributed by atoms with E-state index in [0.29, 0.717) is 0 Å². The van der Waals surface area contributed by atoms with Gasteiger partial charge in [0.1, 0.15) is 6.10 Å². The number of nitrogens with one attached hydrogen (secondary N) is 1. The molecule has 2 atom stereocenters. The zero-order chi connectivity index (χ0) is 11.3. The molecule has 0 aromatic heterocycles. The Morgan fingerprint density at radius 2 is 1.93 bits per heavy atom. The highest BCUT2D eigenvalue weighted by atomic mass is 16.7. The molecule has 0 radical (unpaired) electrons. The quantitative estimate of drug-likeness (QED) is 0.703. The van der Waals surface area contributed by atoms with Crippen LogP contribution >= 0.6 is 0 Å². The fourth-order valence-corrected chi connectivity index (χ4v) is 1.84. The summed E-state index contributed by atoms with van der Waals surface area (Å²) >= 11 is 0. The van der Waals surface area contributed by atoms with E-state index in [-0.39, 0.29) is 18.1 Å². The zero-order valence-electron chi connectivity index (χ0n) is 9.12. The van der Waals surface area contributed by atoms with Crippen LogP contribution in [0.2, 0.25) is 0 Å². The molecule has 5 nitrogen and oxygen atoms in total. The van der Waals surface area contributed by atoms with E-state index in [9.17, 15) is 9.59 Å². The predicted molar refractivity (Wildman–Crippen MR) is 53.4 cm³/mol. The molecular weight excluding hydrogens is 198 g/mol. The maximum Gasteiger partial charge on any atom is 0.508 e. The highest BCUT2D eigenvalue weighted by Crippen LogP contribution is 2.21. The highest BCUT2D eigenvalue weighted by Gasteiger charge is 2.29. The highest BCUT2D eigenvalue weighted by molar-refractivity contribution is 5.73. The van der Waals surface area contributed by atoms with Gasteiger partial charge in [-0.05, 0) is 19.3 Å². The van der Waals surface area contributed by atoms with Crippen molar-refractivity contribution in [2.75, 3.05) is 7.11 Å². The minimum absolute atomic E-state index is 0.0738. The molecule has 1 fully saturated rings. The SMILES string of the molecule is COC(=O)OC1CCCCC1NC(C)=O. The Bertz CT molecular complexity index is 242. The molecule has 1 aliphatic carbocycles. The number of hydrogen-bond donors (Lipinski definition) is 1. The van der Waals surface area contributed by atoms with Crippen LogP contribution in [0.25, 0.3) is 0 Å². The first kappa shape index (κ1) is 11.8. The number of amides is 1. The van der Waals surface area contributed by atoms with Gasteiger partial charge in [-0.25, -0.2) is 4.79 Å². The van der Waals surface area contributed by atoms with Gasteiger partial charge in [0.05, 0.1) is 13.2 Å². The van der Waals surface area contributed by atoms with Crippen molar-refractivity contribution in [3.63, 3.8) is 0 Å². The van der Waals surface area contributed by atoms with Crippen molar-refractivity contribution in [1.29, 1.82) is 0 Å². The zero-order valence-corrected chi connectivity index (χ0v) is 9.12. The first-order chi connectivity index (χ1) is 7.13. The number of carbonyl (C=O) groups excluding carboxylic acids is 2. The van der Waals surface area contributed by atoms with Gasteiger partial charge in [-0.15, -0.1) is 0 Å². The van der Waals surface area contributed by atoms with E-state index in [1.54, 1.807) is 0 Å². The van der Waals surface area contributed by atoms with Gasteiger partial charge < -0.3 is 14.8 Å². The van der Waals surface area contributed by atoms with Crippen molar-refractivity contribution in [3.8, 4) is 0 Å². The van der Waals surface area contributed by atoms with Gasteiger partial charge in [0, 0.05) is 6.92 Å². The van der Waals surface area contributed by atoms with Crippen molar-refractivity contribution in [1.82, 2.24) is 5.32 Å². The van der Waals surface area contributed by atoms with E-state index in [4.69, 9.17) is 4.74 Å². The maximum atomic E-state index is 11.0. The van der Waals surface area contributed by atoms with Crippen LogP contribution in [-0.4, -0.2) is 31.3 Å². The first-order valence-corrected chi connectivity index (χ1v) is 5.15. The molecule has 0 aromatic carbocycles. The number of rotatable bonds is 2. The van der Waals surface area contributed by atoms with E-state index >= 15 is 0 Å². The normalized spacial score (nSPS) is 25.5. The smallest absolute Gasteiger partial charge is 0.438 e. The van der Waals surface area contributed by atoms with Gasteiger partial charge in [-0.1, -0.05) is 6.42 Å². The second-order valence-electron chi connectivity index (χ2n) is 3.70. The molecule has 86 valence electrons. The third kappa shape index (κ3) is 3.77. The minimum Gasteiger partial charge on any atom is -0.438 e. The van der Waals surface area contributed by atoms with Gasteiger partial charge >= 0.3 is 6.16 Å². The molecule has 0 aliphatic heterocycles. The average Bonchev–Trinajstić information content (AvgIpc) is 2.20. The molecule has 1 amide bonds. The molecule has 1 saturated carbocycles. The number of hydrogen-bond acceptors (Lipinski definition) is 4. The Kier molecular flexibility index (Phi) is 4.39. The van der Waals surface area contributed by atoms with Crippen LogP contribution in [0.4, 0.5) is 4.79 Å². The van der Waals surface area contributed by atoms with Crippen LogP contribution in [0, 0.1) is 0 Å². The summed E-state index contributed by atoms with van der Waals surface area (Å²) in [5, 5.41) is 2.79. The van der Waals surface area contributed by atoms with Crippen LogP contribution < -0.4 is 5.32 Å². The first-order valence-electron chi connectivity index (χ1n) is 5.15.